The van der Waals surface area contributed by atoms with Gasteiger partial charge in [0.2, 0.25) is 0 Å². The van der Waals surface area contributed by atoms with Crippen LogP contribution in [0.25, 0.3) is 22.2 Å². The topological polar surface area (TPSA) is 43.5 Å². The Morgan fingerprint density at radius 3 is 2.64 bits per heavy atom. The minimum absolute atomic E-state index is 0.181. The molecular formula is C18H19NO3. The smallest absolute Gasteiger partial charge is 0.188 e. The van der Waals surface area contributed by atoms with Crippen molar-refractivity contribution in [2.24, 2.45) is 0 Å². The van der Waals surface area contributed by atoms with Crippen molar-refractivity contribution in [2.45, 2.75) is 6.92 Å². The molecular weight excluding hydrogens is 278 g/mol. The van der Waals surface area contributed by atoms with Crippen molar-refractivity contribution in [3.05, 3.63) is 48.0 Å². The van der Waals surface area contributed by atoms with Crippen LogP contribution in [-0.4, -0.2) is 26.0 Å². The molecule has 0 bridgehead atoms. The number of fused-ring (bicyclic) bond motifs is 1. The van der Waals surface area contributed by atoms with Gasteiger partial charge < -0.3 is 19.2 Å². The van der Waals surface area contributed by atoms with Crippen LogP contribution in [0.5, 0.6) is 11.5 Å². The van der Waals surface area contributed by atoms with Crippen LogP contribution in [0.1, 0.15) is 5.56 Å². The summed E-state index contributed by atoms with van der Waals surface area (Å²) in [4.78, 5) is 3.43. The highest BCUT2D eigenvalue weighted by Gasteiger charge is 2.13. The van der Waals surface area contributed by atoms with E-state index in [4.69, 9.17) is 14.2 Å². The Morgan fingerprint density at radius 2 is 1.91 bits per heavy atom. The van der Waals surface area contributed by atoms with Gasteiger partial charge in [-0.25, -0.2) is 0 Å². The molecule has 1 heterocycles. The van der Waals surface area contributed by atoms with E-state index in [1.54, 1.807) is 14.2 Å². The summed E-state index contributed by atoms with van der Waals surface area (Å²) in [7, 11) is 3.23. The van der Waals surface area contributed by atoms with Gasteiger partial charge in [-0.1, -0.05) is 23.8 Å². The maximum absolute atomic E-state index is 5.70. The van der Waals surface area contributed by atoms with Gasteiger partial charge in [0, 0.05) is 23.7 Å². The van der Waals surface area contributed by atoms with E-state index in [0.29, 0.717) is 11.5 Å². The summed E-state index contributed by atoms with van der Waals surface area (Å²) in [5, 5.41) is 0.980. The number of aryl methyl sites for hydroxylation is 1. The van der Waals surface area contributed by atoms with Crippen molar-refractivity contribution in [3.63, 3.8) is 0 Å². The minimum atomic E-state index is 0.181. The number of methoxy groups -OCH3 is 2. The third-order valence-electron chi connectivity index (χ3n) is 3.59. The van der Waals surface area contributed by atoms with E-state index in [1.165, 1.54) is 5.56 Å². The van der Waals surface area contributed by atoms with Gasteiger partial charge in [-0.3, -0.25) is 0 Å². The molecule has 0 spiro atoms. The summed E-state index contributed by atoms with van der Waals surface area (Å²) >= 11 is 0. The Kier molecular flexibility index (Phi) is 4.02. The molecule has 0 unspecified atom stereocenters. The van der Waals surface area contributed by atoms with Gasteiger partial charge >= 0.3 is 0 Å². The molecule has 1 N–H and O–H groups in total. The van der Waals surface area contributed by atoms with E-state index in [0.717, 1.165) is 22.2 Å². The largest absolute Gasteiger partial charge is 0.493 e. The first-order valence-electron chi connectivity index (χ1n) is 7.11. The second-order valence-electron chi connectivity index (χ2n) is 5.16. The molecule has 0 amide bonds. The molecule has 3 aromatic rings. The number of hydrogen-bond acceptors (Lipinski definition) is 3. The summed E-state index contributed by atoms with van der Waals surface area (Å²) < 4.78 is 16.1. The van der Waals surface area contributed by atoms with Crippen molar-refractivity contribution in [1.82, 2.24) is 4.98 Å². The minimum Gasteiger partial charge on any atom is -0.493 e. The number of aromatic amines is 1. The summed E-state index contributed by atoms with van der Waals surface area (Å²) in [6.07, 6.45) is 0. The van der Waals surface area contributed by atoms with Gasteiger partial charge in [0.05, 0.1) is 7.11 Å². The highest BCUT2D eigenvalue weighted by Crippen LogP contribution is 2.38. The lowest BCUT2D eigenvalue weighted by Crippen LogP contribution is -2.00. The molecule has 0 saturated carbocycles. The normalized spacial score (nSPS) is 10.9. The predicted molar refractivity (Wildman–Crippen MR) is 87.5 cm³/mol. The first kappa shape index (κ1) is 14.5. The van der Waals surface area contributed by atoms with E-state index in [-0.39, 0.29) is 6.79 Å². The van der Waals surface area contributed by atoms with Crippen molar-refractivity contribution in [1.29, 1.82) is 0 Å². The summed E-state index contributed by atoms with van der Waals surface area (Å²) in [5.74, 6) is 1.39. The van der Waals surface area contributed by atoms with Crippen LogP contribution in [0.2, 0.25) is 0 Å². The lowest BCUT2D eigenvalue weighted by molar-refractivity contribution is 0.0503. The number of ether oxygens (including phenoxy) is 3. The van der Waals surface area contributed by atoms with Gasteiger partial charge in [-0.2, -0.15) is 0 Å². The van der Waals surface area contributed by atoms with Crippen LogP contribution in [0.15, 0.2) is 42.5 Å². The van der Waals surface area contributed by atoms with E-state index in [1.807, 2.05) is 12.1 Å². The second-order valence-corrected chi connectivity index (χ2v) is 5.16. The fraction of sp³-hybridized carbons (Fsp3) is 0.222. The second kappa shape index (κ2) is 6.12. The van der Waals surface area contributed by atoms with E-state index in [2.05, 4.69) is 42.2 Å². The van der Waals surface area contributed by atoms with Crippen LogP contribution in [0, 0.1) is 6.92 Å². The molecule has 114 valence electrons. The van der Waals surface area contributed by atoms with Gasteiger partial charge in [-0.15, -0.1) is 0 Å². The number of hydrogen-bond donors (Lipinski definition) is 1. The van der Waals surface area contributed by atoms with Crippen LogP contribution >= 0.6 is 0 Å². The zero-order valence-corrected chi connectivity index (χ0v) is 13.0. The highest BCUT2D eigenvalue weighted by atomic mass is 16.7. The Balaban J connectivity index is 2.12. The van der Waals surface area contributed by atoms with E-state index < -0.39 is 0 Å². The van der Waals surface area contributed by atoms with Crippen molar-refractivity contribution < 1.29 is 14.2 Å². The highest BCUT2D eigenvalue weighted by molar-refractivity contribution is 5.93. The standard InChI is InChI=1S/C18H19NO3/c1-12-5-4-6-13(9-12)16-10-14-15(19-16)7-8-17(21-3)18(14)22-11-20-2/h4-10,19H,11H2,1-3H3. The van der Waals surface area contributed by atoms with E-state index >= 15 is 0 Å². The summed E-state index contributed by atoms with van der Waals surface area (Å²) in [6.45, 7) is 2.27. The van der Waals surface area contributed by atoms with Crippen molar-refractivity contribution >= 4 is 10.9 Å². The zero-order valence-electron chi connectivity index (χ0n) is 13.0. The monoisotopic (exact) mass is 297 g/mol. The first-order chi connectivity index (χ1) is 10.7. The molecule has 0 fully saturated rings. The Bertz CT molecular complexity index is 792. The quantitative estimate of drug-likeness (QED) is 0.720. The van der Waals surface area contributed by atoms with Crippen LogP contribution in [-0.2, 0) is 4.74 Å². The molecule has 4 nitrogen and oxygen atoms in total. The van der Waals surface area contributed by atoms with Crippen molar-refractivity contribution in [3.8, 4) is 22.8 Å². The fourth-order valence-electron chi connectivity index (χ4n) is 2.55. The van der Waals surface area contributed by atoms with Gasteiger partial charge in [-0.05, 0) is 36.8 Å². The molecule has 4 heteroatoms. The molecule has 22 heavy (non-hydrogen) atoms. The summed E-state index contributed by atoms with van der Waals surface area (Å²) in [6, 6.07) is 14.3. The Labute approximate surface area is 129 Å². The molecule has 0 atom stereocenters. The average Bonchev–Trinajstić information content (AvgIpc) is 2.97. The van der Waals surface area contributed by atoms with Crippen LogP contribution in [0.4, 0.5) is 0 Å². The lowest BCUT2D eigenvalue weighted by atomic mass is 10.1. The molecule has 0 aliphatic rings. The zero-order chi connectivity index (χ0) is 15.5. The maximum atomic E-state index is 5.70. The third-order valence-corrected chi connectivity index (χ3v) is 3.59. The van der Waals surface area contributed by atoms with Crippen LogP contribution < -0.4 is 9.47 Å². The van der Waals surface area contributed by atoms with Gasteiger partial charge in [0.25, 0.3) is 0 Å². The maximum Gasteiger partial charge on any atom is 0.188 e. The Hall–Kier alpha value is -2.46. The molecule has 2 aromatic carbocycles. The predicted octanol–water partition coefficient (Wildman–Crippen LogP) is 4.13. The molecule has 1 aromatic heterocycles. The SMILES string of the molecule is COCOc1c(OC)ccc2[nH]c(-c3cccc(C)c3)cc12. The van der Waals surface area contributed by atoms with Crippen molar-refractivity contribution in [2.75, 3.05) is 21.0 Å². The molecule has 0 radical (unpaired) electrons. The number of H-pyrrole nitrogens is 1. The molecule has 0 aliphatic heterocycles. The third kappa shape index (κ3) is 2.65. The van der Waals surface area contributed by atoms with Gasteiger partial charge in [0.1, 0.15) is 0 Å². The number of rotatable bonds is 5. The Morgan fingerprint density at radius 1 is 1.05 bits per heavy atom. The molecule has 3 rings (SSSR count). The fourth-order valence-corrected chi connectivity index (χ4v) is 2.55. The molecule has 0 saturated heterocycles. The average molecular weight is 297 g/mol. The lowest BCUT2D eigenvalue weighted by Gasteiger charge is -2.10. The molecule has 0 aliphatic carbocycles. The van der Waals surface area contributed by atoms with Crippen LogP contribution in [0.3, 0.4) is 0 Å². The number of benzene rings is 2. The van der Waals surface area contributed by atoms with E-state index in [9.17, 15) is 0 Å². The first-order valence-corrected chi connectivity index (χ1v) is 7.11. The van der Waals surface area contributed by atoms with Gasteiger partial charge in [0.15, 0.2) is 18.3 Å². The number of nitrogens with one attached hydrogen (secondary N) is 1. The number of aromatic nitrogens is 1. The summed E-state index contributed by atoms with van der Waals surface area (Å²) in [5.41, 5.74) is 4.43.